The van der Waals surface area contributed by atoms with E-state index in [-0.39, 0.29) is 4.90 Å². The van der Waals surface area contributed by atoms with Gasteiger partial charge in [0.05, 0.1) is 4.90 Å². The van der Waals surface area contributed by atoms with Gasteiger partial charge >= 0.3 is 0 Å². The van der Waals surface area contributed by atoms with E-state index in [1.54, 1.807) is 24.3 Å². The van der Waals surface area contributed by atoms with Crippen LogP contribution in [-0.2, 0) is 14.3 Å². The van der Waals surface area contributed by atoms with Crippen molar-refractivity contribution < 1.29 is 12.6 Å². The van der Waals surface area contributed by atoms with E-state index in [0.717, 1.165) is 31.4 Å². The number of benzene rings is 1. The van der Waals surface area contributed by atoms with Crippen LogP contribution in [-0.4, -0.2) is 32.6 Å². The molecular weight excluding hydrogens is 262 g/mol. The third kappa shape index (κ3) is 3.16. The van der Waals surface area contributed by atoms with Crippen LogP contribution in [0.25, 0.3) is 0 Å². The molecule has 0 aromatic heterocycles. The highest BCUT2D eigenvalue weighted by Gasteiger charge is 2.38. The molecule has 106 valence electrons. The molecule has 0 N–H and O–H groups in total. The fourth-order valence-electron chi connectivity index (χ4n) is 2.32. The Labute approximate surface area is 115 Å². The topological polar surface area (TPSA) is 46.6 Å². The molecule has 4 nitrogen and oxygen atoms in total. The zero-order valence-electron chi connectivity index (χ0n) is 11.7. The quantitative estimate of drug-likeness (QED) is 0.800. The number of likely N-dealkylation sites (tertiary alicyclic amines) is 1. The average Bonchev–Trinajstić information content (AvgIpc) is 2.33. The highest BCUT2D eigenvalue weighted by Crippen LogP contribution is 2.31. The van der Waals surface area contributed by atoms with Crippen molar-refractivity contribution in [2.24, 2.45) is 0 Å². The maximum atomic E-state index is 12.3. The fraction of sp³-hybridized carbons (Fsp3) is 0.571. The lowest BCUT2D eigenvalue weighted by Crippen LogP contribution is -2.50. The first-order chi connectivity index (χ1) is 8.83. The van der Waals surface area contributed by atoms with Gasteiger partial charge in [-0.05, 0) is 52.3 Å². The molecule has 5 heteroatoms. The lowest BCUT2D eigenvalue weighted by atomic mass is 10.0. The van der Waals surface area contributed by atoms with Gasteiger partial charge in [0.25, 0.3) is 10.1 Å². The van der Waals surface area contributed by atoms with Crippen molar-refractivity contribution in [2.45, 2.75) is 43.7 Å². The summed E-state index contributed by atoms with van der Waals surface area (Å²) in [5, 5.41) is 0. The predicted octanol–water partition coefficient (Wildman–Crippen LogP) is 2.53. The second kappa shape index (κ2) is 5.23. The number of hydrogen-bond acceptors (Lipinski definition) is 4. The van der Waals surface area contributed by atoms with Gasteiger partial charge in [-0.2, -0.15) is 8.42 Å². The van der Waals surface area contributed by atoms with Crippen LogP contribution in [0, 0.1) is 6.92 Å². The van der Waals surface area contributed by atoms with Crippen LogP contribution in [0.3, 0.4) is 0 Å². The molecule has 0 spiro atoms. The van der Waals surface area contributed by atoms with Crippen LogP contribution in [0.15, 0.2) is 29.2 Å². The first-order valence-corrected chi connectivity index (χ1v) is 7.98. The van der Waals surface area contributed by atoms with Crippen molar-refractivity contribution in [1.29, 1.82) is 0 Å². The molecule has 1 aliphatic rings. The SMILES string of the molecule is Cc1ccc(S(=O)(=O)OC2(C)CCCCN2C)cc1. The number of piperidine rings is 1. The summed E-state index contributed by atoms with van der Waals surface area (Å²) >= 11 is 0. The van der Waals surface area contributed by atoms with Crippen LogP contribution in [0.5, 0.6) is 0 Å². The van der Waals surface area contributed by atoms with E-state index < -0.39 is 15.8 Å². The monoisotopic (exact) mass is 283 g/mol. The van der Waals surface area contributed by atoms with Gasteiger partial charge in [-0.1, -0.05) is 17.7 Å². The Morgan fingerprint density at radius 3 is 2.42 bits per heavy atom. The molecule has 0 bridgehead atoms. The van der Waals surface area contributed by atoms with E-state index in [1.165, 1.54) is 0 Å². The third-order valence-electron chi connectivity index (χ3n) is 3.79. The Morgan fingerprint density at radius 2 is 1.84 bits per heavy atom. The Kier molecular flexibility index (Phi) is 3.99. The molecule has 1 aliphatic heterocycles. The molecule has 1 saturated heterocycles. The summed E-state index contributed by atoms with van der Waals surface area (Å²) < 4.78 is 30.1. The summed E-state index contributed by atoms with van der Waals surface area (Å²) in [5.74, 6) is 0. The highest BCUT2D eigenvalue weighted by molar-refractivity contribution is 7.86. The van der Waals surface area contributed by atoms with Crippen molar-refractivity contribution in [1.82, 2.24) is 4.90 Å². The predicted molar refractivity (Wildman–Crippen MR) is 74.3 cm³/mol. The lowest BCUT2D eigenvalue weighted by Gasteiger charge is -2.41. The standard InChI is InChI=1S/C14H21NO3S/c1-12-6-8-13(9-7-12)19(16,17)18-14(2)10-4-5-11-15(14)3/h6-9H,4-5,10-11H2,1-3H3. The smallest absolute Gasteiger partial charge is 0.278 e. The minimum Gasteiger partial charge on any atom is -0.278 e. The fourth-order valence-corrected chi connectivity index (χ4v) is 3.57. The first kappa shape index (κ1) is 14.5. The number of nitrogens with zero attached hydrogens (tertiary/aromatic N) is 1. The molecule has 0 aliphatic carbocycles. The van der Waals surface area contributed by atoms with E-state index in [1.807, 2.05) is 25.8 Å². The van der Waals surface area contributed by atoms with Gasteiger partial charge in [-0.3, -0.25) is 4.90 Å². The second-order valence-corrected chi connectivity index (χ2v) is 6.95. The Bertz CT molecular complexity index is 538. The van der Waals surface area contributed by atoms with Crippen molar-refractivity contribution in [3.63, 3.8) is 0 Å². The van der Waals surface area contributed by atoms with Crippen LogP contribution in [0.1, 0.15) is 31.7 Å². The maximum absolute atomic E-state index is 12.3. The van der Waals surface area contributed by atoms with Crippen LogP contribution in [0.4, 0.5) is 0 Å². The summed E-state index contributed by atoms with van der Waals surface area (Å²) in [6.07, 6.45) is 2.80. The second-order valence-electron chi connectivity index (χ2n) is 5.40. The van der Waals surface area contributed by atoms with Gasteiger partial charge < -0.3 is 0 Å². The molecule has 0 radical (unpaired) electrons. The maximum Gasteiger partial charge on any atom is 0.298 e. The Hall–Kier alpha value is -0.910. The summed E-state index contributed by atoms with van der Waals surface area (Å²) in [4.78, 5) is 2.20. The summed E-state index contributed by atoms with van der Waals surface area (Å²) in [5.41, 5.74) is 0.294. The lowest BCUT2D eigenvalue weighted by molar-refractivity contribution is -0.0765. The molecule has 1 aromatic carbocycles. The third-order valence-corrected chi connectivity index (χ3v) is 5.22. The number of aryl methyl sites for hydroxylation is 1. The molecule has 2 rings (SSSR count). The van der Waals surface area contributed by atoms with Crippen molar-refractivity contribution in [3.8, 4) is 0 Å². The minimum atomic E-state index is -3.71. The average molecular weight is 283 g/mol. The van der Waals surface area contributed by atoms with E-state index in [0.29, 0.717) is 0 Å². The zero-order valence-corrected chi connectivity index (χ0v) is 12.5. The van der Waals surface area contributed by atoms with Crippen LogP contribution < -0.4 is 0 Å². The van der Waals surface area contributed by atoms with Crippen molar-refractivity contribution in [3.05, 3.63) is 29.8 Å². The summed E-state index contributed by atoms with van der Waals surface area (Å²) in [6.45, 7) is 4.63. The van der Waals surface area contributed by atoms with E-state index in [4.69, 9.17) is 4.18 Å². The van der Waals surface area contributed by atoms with Crippen LogP contribution >= 0.6 is 0 Å². The zero-order chi connectivity index (χ0) is 14.1. The number of hydrogen-bond donors (Lipinski definition) is 0. The van der Waals surface area contributed by atoms with Gasteiger partial charge in [-0.15, -0.1) is 0 Å². The minimum absolute atomic E-state index is 0.221. The van der Waals surface area contributed by atoms with Gasteiger partial charge in [0.15, 0.2) is 0 Å². The van der Waals surface area contributed by atoms with Crippen LogP contribution in [0.2, 0.25) is 0 Å². The normalized spacial score (nSPS) is 25.4. The van der Waals surface area contributed by atoms with Gasteiger partial charge in [0.2, 0.25) is 0 Å². The van der Waals surface area contributed by atoms with Gasteiger partial charge in [0, 0.05) is 6.54 Å². The Balaban J connectivity index is 2.23. The van der Waals surface area contributed by atoms with E-state index >= 15 is 0 Å². The van der Waals surface area contributed by atoms with E-state index in [9.17, 15) is 8.42 Å². The molecule has 1 heterocycles. The molecule has 1 unspecified atom stereocenters. The van der Waals surface area contributed by atoms with E-state index in [2.05, 4.69) is 0 Å². The summed E-state index contributed by atoms with van der Waals surface area (Å²) in [6, 6.07) is 6.75. The molecule has 1 fully saturated rings. The largest absolute Gasteiger partial charge is 0.298 e. The molecule has 1 aromatic rings. The molecule has 1 atom stereocenters. The molecular formula is C14H21NO3S. The summed E-state index contributed by atoms with van der Waals surface area (Å²) in [7, 11) is -1.80. The van der Waals surface area contributed by atoms with Gasteiger partial charge in [0.1, 0.15) is 5.72 Å². The molecule has 0 saturated carbocycles. The van der Waals surface area contributed by atoms with Gasteiger partial charge in [-0.25, -0.2) is 4.18 Å². The Morgan fingerprint density at radius 1 is 1.21 bits per heavy atom. The first-order valence-electron chi connectivity index (χ1n) is 6.57. The van der Waals surface area contributed by atoms with Crippen molar-refractivity contribution in [2.75, 3.05) is 13.6 Å². The molecule has 0 amide bonds. The molecule has 19 heavy (non-hydrogen) atoms. The highest BCUT2D eigenvalue weighted by atomic mass is 32.2. The van der Waals surface area contributed by atoms with Crippen molar-refractivity contribution >= 4 is 10.1 Å². The number of rotatable bonds is 3.